The second-order valence-corrected chi connectivity index (χ2v) is 6.93. The maximum Gasteiger partial charge on any atom is 0.267 e. The van der Waals surface area contributed by atoms with Gasteiger partial charge in [-0.15, -0.1) is 0 Å². The highest BCUT2D eigenvalue weighted by atomic mass is 32.2. The minimum absolute atomic E-state index is 0.0591. The van der Waals surface area contributed by atoms with Crippen LogP contribution < -0.4 is 5.56 Å². The highest BCUT2D eigenvalue weighted by molar-refractivity contribution is 7.99. The van der Waals surface area contributed by atoms with E-state index in [-0.39, 0.29) is 17.1 Å². The number of aromatic amines is 1. The number of para-hydroxylation sites is 1. The van der Waals surface area contributed by atoms with Crippen LogP contribution in [0.3, 0.4) is 0 Å². The SMILES string of the molecule is Cc1cccc(-n2c(SCC(=O)c3ccc[nH]3)nc3ccccc3c2=O)n1. The van der Waals surface area contributed by atoms with Crippen LogP contribution in [0.2, 0.25) is 0 Å². The zero-order valence-corrected chi connectivity index (χ0v) is 15.4. The number of carbonyl (C=O) groups excluding carboxylic acids is 1. The largest absolute Gasteiger partial charge is 0.359 e. The predicted molar refractivity (Wildman–Crippen MR) is 106 cm³/mol. The van der Waals surface area contributed by atoms with Gasteiger partial charge in [0.2, 0.25) is 0 Å². The van der Waals surface area contributed by atoms with Gasteiger partial charge in [0.1, 0.15) is 5.82 Å². The van der Waals surface area contributed by atoms with E-state index in [1.165, 1.54) is 16.3 Å². The maximum absolute atomic E-state index is 13.1. The van der Waals surface area contributed by atoms with Crippen molar-refractivity contribution in [2.24, 2.45) is 0 Å². The Morgan fingerprint density at radius 3 is 2.70 bits per heavy atom. The topological polar surface area (TPSA) is 80.6 Å². The van der Waals surface area contributed by atoms with Crippen LogP contribution in [0.25, 0.3) is 16.7 Å². The second kappa shape index (κ2) is 7.20. The molecule has 0 aliphatic carbocycles. The third kappa shape index (κ3) is 3.41. The summed E-state index contributed by atoms with van der Waals surface area (Å²) < 4.78 is 1.47. The lowest BCUT2D eigenvalue weighted by atomic mass is 10.2. The van der Waals surface area contributed by atoms with Crippen molar-refractivity contribution in [3.05, 3.63) is 82.5 Å². The molecular weight excluding hydrogens is 360 g/mol. The van der Waals surface area contributed by atoms with Crippen LogP contribution in [0.1, 0.15) is 16.2 Å². The summed E-state index contributed by atoms with van der Waals surface area (Å²) in [5, 5.41) is 0.956. The minimum Gasteiger partial charge on any atom is -0.359 e. The molecule has 1 N–H and O–H groups in total. The molecule has 6 nitrogen and oxygen atoms in total. The van der Waals surface area contributed by atoms with Crippen LogP contribution in [-0.4, -0.2) is 31.1 Å². The number of hydrogen-bond acceptors (Lipinski definition) is 5. The van der Waals surface area contributed by atoms with Gasteiger partial charge in [0.25, 0.3) is 5.56 Å². The summed E-state index contributed by atoms with van der Waals surface area (Å²) in [4.78, 5) is 37.4. The number of rotatable bonds is 5. The van der Waals surface area contributed by atoms with Crippen molar-refractivity contribution in [2.75, 3.05) is 5.75 Å². The number of pyridine rings is 1. The van der Waals surface area contributed by atoms with E-state index < -0.39 is 0 Å². The number of nitrogens with zero attached hydrogens (tertiary/aromatic N) is 3. The molecule has 0 fully saturated rings. The van der Waals surface area contributed by atoms with E-state index >= 15 is 0 Å². The highest BCUT2D eigenvalue weighted by Crippen LogP contribution is 2.21. The first-order chi connectivity index (χ1) is 13.1. The molecule has 7 heteroatoms. The van der Waals surface area contributed by atoms with Gasteiger partial charge in [-0.25, -0.2) is 14.5 Å². The van der Waals surface area contributed by atoms with Crippen LogP contribution in [0, 0.1) is 6.92 Å². The molecule has 4 rings (SSSR count). The van der Waals surface area contributed by atoms with Crippen molar-refractivity contribution in [3.8, 4) is 5.82 Å². The number of aryl methyl sites for hydroxylation is 1. The first-order valence-corrected chi connectivity index (χ1v) is 9.37. The van der Waals surface area contributed by atoms with Crippen molar-refractivity contribution >= 4 is 28.4 Å². The Kier molecular flexibility index (Phi) is 4.60. The number of fused-ring (bicyclic) bond motifs is 1. The molecule has 0 aliphatic heterocycles. The minimum atomic E-state index is -0.200. The summed E-state index contributed by atoms with van der Waals surface area (Å²) in [7, 11) is 0. The average molecular weight is 376 g/mol. The van der Waals surface area contributed by atoms with Gasteiger partial charge in [-0.05, 0) is 43.3 Å². The Balaban J connectivity index is 1.81. The van der Waals surface area contributed by atoms with Gasteiger partial charge in [-0.3, -0.25) is 9.59 Å². The molecule has 0 amide bonds. The number of benzene rings is 1. The van der Waals surface area contributed by atoms with Gasteiger partial charge >= 0.3 is 0 Å². The molecule has 0 aliphatic rings. The molecular formula is C20H16N4O2S. The Morgan fingerprint density at radius 1 is 1.07 bits per heavy atom. The van der Waals surface area contributed by atoms with Crippen LogP contribution in [0.5, 0.6) is 0 Å². The molecule has 134 valence electrons. The van der Waals surface area contributed by atoms with Crippen molar-refractivity contribution in [1.29, 1.82) is 0 Å². The summed E-state index contributed by atoms with van der Waals surface area (Å²) in [5.41, 5.74) is 1.73. The normalized spacial score (nSPS) is 11.0. The van der Waals surface area contributed by atoms with Crippen LogP contribution in [-0.2, 0) is 0 Å². The summed E-state index contributed by atoms with van der Waals surface area (Å²) in [5.74, 6) is 0.598. The lowest BCUT2D eigenvalue weighted by Gasteiger charge is -2.12. The van der Waals surface area contributed by atoms with Crippen molar-refractivity contribution in [3.63, 3.8) is 0 Å². The zero-order valence-electron chi connectivity index (χ0n) is 14.5. The van der Waals surface area contributed by atoms with E-state index in [1.807, 2.05) is 25.1 Å². The number of Topliss-reactive ketones (excluding diaryl/α,β-unsaturated/α-hetero) is 1. The van der Waals surface area contributed by atoms with E-state index in [9.17, 15) is 9.59 Å². The third-order valence-electron chi connectivity index (χ3n) is 4.08. The molecule has 3 aromatic heterocycles. The Hall–Kier alpha value is -3.19. The fourth-order valence-electron chi connectivity index (χ4n) is 2.78. The average Bonchev–Trinajstić information content (AvgIpc) is 3.21. The van der Waals surface area contributed by atoms with E-state index in [2.05, 4.69) is 15.0 Å². The highest BCUT2D eigenvalue weighted by Gasteiger charge is 2.16. The lowest BCUT2D eigenvalue weighted by Crippen LogP contribution is -2.23. The quantitative estimate of drug-likeness (QED) is 0.328. The van der Waals surface area contributed by atoms with E-state index in [0.717, 1.165) is 5.69 Å². The van der Waals surface area contributed by atoms with Gasteiger partial charge in [0.05, 0.1) is 22.3 Å². The molecule has 1 aromatic carbocycles. The number of H-pyrrole nitrogens is 1. The number of carbonyl (C=O) groups is 1. The van der Waals surface area contributed by atoms with Gasteiger partial charge in [0.15, 0.2) is 10.9 Å². The maximum atomic E-state index is 13.1. The first kappa shape index (κ1) is 17.2. The summed E-state index contributed by atoms with van der Waals surface area (Å²) in [6.45, 7) is 1.87. The Bertz CT molecular complexity index is 1180. The van der Waals surface area contributed by atoms with E-state index in [4.69, 9.17) is 0 Å². The molecule has 0 saturated heterocycles. The third-order valence-corrected chi connectivity index (χ3v) is 5.02. The second-order valence-electron chi connectivity index (χ2n) is 5.98. The number of nitrogens with one attached hydrogen (secondary N) is 1. The van der Waals surface area contributed by atoms with Gasteiger partial charge in [-0.1, -0.05) is 30.0 Å². The molecule has 3 heterocycles. The summed E-state index contributed by atoms with van der Waals surface area (Å²) in [6.07, 6.45) is 1.71. The van der Waals surface area contributed by atoms with Gasteiger partial charge in [-0.2, -0.15) is 0 Å². The standard InChI is InChI=1S/C20H16N4O2S/c1-13-6-4-10-18(22-13)24-19(26)14-7-2-3-8-15(14)23-20(24)27-12-17(25)16-9-5-11-21-16/h2-11,21H,12H2,1H3. The summed E-state index contributed by atoms with van der Waals surface area (Å²) in [6, 6.07) is 16.2. The predicted octanol–water partition coefficient (Wildman–Crippen LogP) is 3.39. The summed E-state index contributed by atoms with van der Waals surface area (Å²) >= 11 is 1.23. The van der Waals surface area contributed by atoms with Crippen molar-refractivity contribution in [1.82, 2.24) is 19.5 Å². The number of thioether (sulfide) groups is 1. The molecule has 4 aromatic rings. The first-order valence-electron chi connectivity index (χ1n) is 8.39. The lowest BCUT2D eigenvalue weighted by molar-refractivity contribution is 0.101. The van der Waals surface area contributed by atoms with Crippen molar-refractivity contribution in [2.45, 2.75) is 12.1 Å². The number of ketones is 1. The van der Waals surface area contributed by atoms with Crippen LogP contribution >= 0.6 is 11.8 Å². The molecule has 0 saturated carbocycles. The Labute approximate surface area is 159 Å². The van der Waals surface area contributed by atoms with Crippen molar-refractivity contribution < 1.29 is 4.79 Å². The molecule has 0 spiro atoms. The van der Waals surface area contributed by atoms with E-state index in [1.54, 1.807) is 42.6 Å². The zero-order chi connectivity index (χ0) is 18.8. The van der Waals surface area contributed by atoms with Gasteiger partial charge < -0.3 is 4.98 Å². The fourth-order valence-corrected chi connectivity index (χ4v) is 3.66. The van der Waals surface area contributed by atoms with Gasteiger partial charge in [0, 0.05) is 11.9 Å². The molecule has 0 bridgehead atoms. The number of aromatic nitrogens is 4. The molecule has 27 heavy (non-hydrogen) atoms. The molecule has 0 radical (unpaired) electrons. The molecule has 0 unspecified atom stereocenters. The van der Waals surface area contributed by atoms with Crippen LogP contribution in [0.4, 0.5) is 0 Å². The van der Waals surface area contributed by atoms with Crippen LogP contribution in [0.15, 0.2) is 70.7 Å². The fraction of sp³-hybridized carbons (Fsp3) is 0.100. The monoisotopic (exact) mass is 376 g/mol. The smallest absolute Gasteiger partial charge is 0.267 e. The van der Waals surface area contributed by atoms with E-state index in [0.29, 0.717) is 27.6 Å². The Morgan fingerprint density at radius 2 is 1.93 bits per heavy atom. The molecule has 0 atom stereocenters. The number of hydrogen-bond donors (Lipinski definition) is 1.